The molecule has 1 N–H and O–H groups in total. The number of hydrogen-bond acceptors (Lipinski definition) is 2. The van der Waals surface area contributed by atoms with Crippen LogP contribution >= 0.6 is 0 Å². The van der Waals surface area contributed by atoms with E-state index in [9.17, 15) is 0 Å². The van der Waals surface area contributed by atoms with Crippen LogP contribution in [0.5, 0.6) is 0 Å². The van der Waals surface area contributed by atoms with Gasteiger partial charge in [0.2, 0.25) is 0 Å². The zero-order chi connectivity index (χ0) is 15.1. The molecule has 122 valence electrons. The van der Waals surface area contributed by atoms with Crippen LogP contribution in [0.2, 0.25) is 0 Å². The monoisotopic (exact) mass is 293 g/mol. The van der Waals surface area contributed by atoms with Crippen molar-refractivity contribution in [1.29, 1.82) is 0 Å². The van der Waals surface area contributed by atoms with Gasteiger partial charge in [-0.3, -0.25) is 0 Å². The molecule has 0 amide bonds. The van der Waals surface area contributed by atoms with Crippen molar-refractivity contribution in [3.05, 3.63) is 0 Å². The van der Waals surface area contributed by atoms with Crippen molar-refractivity contribution < 1.29 is 4.74 Å². The van der Waals surface area contributed by atoms with Crippen molar-refractivity contribution in [3.8, 4) is 0 Å². The van der Waals surface area contributed by atoms with Crippen LogP contribution in [0.4, 0.5) is 0 Å². The topological polar surface area (TPSA) is 21.3 Å². The molecule has 2 nitrogen and oxygen atoms in total. The van der Waals surface area contributed by atoms with E-state index in [2.05, 4.69) is 26.1 Å². The summed E-state index contributed by atoms with van der Waals surface area (Å²) in [6, 6.07) is 0.688. The van der Waals surface area contributed by atoms with Gasteiger partial charge in [0.25, 0.3) is 0 Å². The van der Waals surface area contributed by atoms with E-state index in [0.29, 0.717) is 16.9 Å². The molecule has 21 heavy (non-hydrogen) atoms. The quantitative estimate of drug-likeness (QED) is 0.758. The number of hydrogen-bond donors (Lipinski definition) is 1. The van der Waals surface area contributed by atoms with Gasteiger partial charge in [-0.1, -0.05) is 13.8 Å². The van der Waals surface area contributed by atoms with Gasteiger partial charge in [-0.25, -0.2) is 0 Å². The predicted octanol–water partition coefficient (Wildman–Crippen LogP) is 4.24. The number of methoxy groups -OCH3 is 1. The Hall–Kier alpha value is -0.0800. The third kappa shape index (κ3) is 3.32. The zero-order valence-electron chi connectivity index (χ0n) is 14.6. The maximum absolute atomic E-state index is 5.26. The van der Waals surface area contributed by atoms with Crippen LogP contribution in [0.25, 0.3) is 0 Å². The Bertz CT molecular complexity index is 327. The highest BCUT2D eigenvalue weighted by molar-refractivity contribution is 5.05. The summed E-state index contributed by atoms with van der Waals surface area (Å²) in [5.74, 6) is 3.17. The molecule has 0 heterocycles. The fraction of sp³-hybridized carbons (Fsp3) is 1.00. The highest BCUT2D eigenvalue weighted by atomic mass is 16.5. The van der Waals surface area contributed by atoms with Crippen LogP contribution in [-0.2, 0) is 4.74 Å². The SMILES string of the molecule is COCCC(C)(C)CNC(C)C12CC3CC(CC(C3)C1)C2. The van der Waals surface area contributed by atoms with Crippen LogP contribution in [0, 0.1) is 28.6 Å². The molecular weight excluding hydrogens is 258 g/mol. The average molecular weight is 293 g/mol. The van der Waals surface area contributed by atoms with Gasteiger partial charge in [0, 0.05) is 26.3 Å². The maximum Gasteiger partial charge on any atom is 0.0467 e. The normalized spacial score (nSPS) is 39.7. The first-order valence-corrected chi connectivity index (χ1v) is 9.15. The summed E-state index contributed by atoms with van der Waals surface area (Å²) >= 11 is 0. The molecule has 4 saturated carbocycles. The first kappa shape index (κ1) is 15.8. The summed E-state index contributed by atoms with van der Waals surface area (Å²) in [6.45, 7) is 9.20. The summed E-state index contributed by atoms with van der Waals surface area (Å²) in [5.41, 5.74) is 0.971. The third-order valence-electron chi connectivity index (χ3n) is 6.87. The summed E-state index contributed by atoms with van der Waals surface area (Å²) in [5, 5.41) is 3.93. The van der Waals surface area contributed by atoms with Crippen molar-refractivity contribution in [1.82, 2.24) is 5.32 Å². The Morgan fingerprint density at radius 2 is 1.62 bits per heavy atom. The molecule has 0 aromatic heterocycles. The summed E-state index contributed by atoms with van der Waals surface area (Å²) in [7, 11) is 1.81. The van der Waals surface area contributed by atoms with Crippen molar-refractivity contribution in [2.24, 2.45) is 28.6 Å². The molecular formula is C19H35NO. The molecule has 1 unspecified atom stereocenters. The van der Waals surface area contributed by atoms with Crippen LogP contribution < -0.4 is 5.32 Å². The van der Waals surface area contributed by atoms with Crippen LogP contribution in [0.1, 0.15) is 65.7 Å². The van der Waals surface area contributed by atoms with E-state index in [0.717, 1.165) is 37.3 Å². The van der Waals surface area contributed by atoms with Crippen molar-refractivity contribution >= 4 is 0 Å². The molecule has 0 spiro atoms. The highest BCUT2D eigenvalue weighted by Gasteiger charge is 2.53. The predicted molar refractivity (Wildman–Crippen MR) is 88.3 cm³/mol. The fourth-order valence-corrected chi connectivity index (χ4v) is 5.82. The molecule has 2 heteroatoms. The van der Waals surface area contributed by atoms with Crippen LogP contribution in [0.3, 0.4) is 0 Å². The van der Waals surface area contributed by atoms with Gasteiger partial charge in [0.05, 0.1) is 0 Å². The van der Waals surface area contributed by atoms with E-state index in [1.54, 1.807) is 19.3 Å². The lowest BCUT2D eigenvalue weighted by Gasteiger charge is -2.59. The van der Waals surface area contributed by atoms with Crippen LogP contribution in [-0.4, -0.2) is 26.3 Å². The second-order valence-corrected chi connectivity index (χ2v) is 9.29. The summed E-state index contributed by atoms with van der Waals surface area (Å²) in [4.78, 5) is 0. The lowest BCUT2D eigenvalue weighted by molar-refractivity contribution is -0.0716. The van der Waals surface area contributed by atoms with Gasteiger partial charge in [-0.2, -0.15) is 0 Å². The largest absolute Gasteiger partial charge is 0.385 e. The third-order valence-corrected chi connectivity index (χ3v) is 6.87. The molecule has 4 bridgehead atoms. The van der Waals surface area contributed by atoms with E-state index >= 15 is 0 Å². The second kappa shape index (κ2) is 5.85. The van der Waals surface area contributed by atoms with Crippen molar-refractivity contribution in [2.75, 3.05) is 20.3 Å². The number of ether oxygens (including phenoxy) is 1. The molecule has 4 fully saturated rings. The number of nitrogens with one attached hydrogen (secondary N) is 1. The van der Waals surface area contributed by atoms with Crippen molar-refractivity contribution in [2.45, 2.75) is 71.8 Å². The van der Waals surface area contributed by atoms with Gasteiger partial charge in [0.1, 0.15) is 0 Å². The Kier molecular flexibility index (Phi) is 4.40. The van der Waals surface area contributed by atoms with Gasteiger partial charge < -0.3 is 10.1 Å². The Balaban J connectivity index is 1.57. The molecule has 4 aliphatic rings. The summed E-state index contributed by atoms with van der Waals surface area (Å²) < 4.78 is 5.26. The first-order chi connectivity index (χ1) is 9.92. The standard InChI is InChI=1S/C19H35NO/c1-14(20-13-18(2,3)5-6-21-4)19-10-15-7-16(11-19)9-17(8-15)12-19/h14-17,20H,5-13H2,1-4H3. The maximum atomic E-state index is 5.26. The molecule has 4 rings (SSSR count). The van der Waals surface area contributed by atoms with Gasteiger partial charge in [0.15, 0.2) is 0 Å². The molecule has 0 saturated heterocycles. The van der Waals surface area contributed by atoms with Gasteiger partial charge >= 0.3 is 0 Å². The molecule has 0 radical (unpaired) electrons. The minimum absolute atomic E-state index is 0.340. The minimum atomic E-state index is 0.340. The molecule has 0 aromatic carbocycles. The zero-order valence-corrected chi connectivity index (χ0v) is 14.6. The molecule has 1 atom stereocenters. The average Bonchev–Trinajstić information content (AvgIpc) is 2.41. The van der Waals surface area contributed by atoms with E-state index in [-0.39, 0.29) is 0 Å². The van der Waals surface area contributed by atoms with E-state index in [4.69, 9.17) is 4.74 Å². The smallest absolute Gasteiger partial charge is 0.0467 e. The van der Waals surface area contributed by atoms with Crippen molar-refractivity contribution in [3.63, 3.8) is 0 Å². The fourth-order valence-electron chi connectivity index (χ4n) is 5.82. The summed E-state index contributed by atoms with van der Waals surface area (Å²) in [6.07, 6.45) is 10.3. The number of rotatable bonds is 7. The van der Waals surface area contributed by atoms with Crippen LogP contribution in [0.15, 0.2) is 0 Å². The Morgan fingerprint density at radius 3 is 2.10 bits per heavy atom. The van der Waals surface area contributed by atoms with E-state index in [1.807, 2.05) is 7.11 Å². The Labute approximate surface area is 131 Å². The Morgan fingerprint density at radius 1 is 1.10 bits per heavy atom. The minimum Gasteiger partial charge on any atom is -0.385 e. The molecule has 4 aliphatic carbocycles. The van der Waals surface area contributed by atoms with Gasteiger partial charge in [-0.05, 0) is 80.5 Å². The second-order valence-electron chi connectivity index (χ2n) is 9.29. The van der Waals surface area contributed by atoms with Gasteiger partial charge in [-0.15, -0.1) is 0 Å². The lowest BCUT2D eigenvalue weighted by atomic mass is 9.48. The van der Waals surface area contributed by atoms with E-state index in [1.165, 1.54) is 19.3 Å². The lowest BCUT2D eigenvalue weighted by Crippen LogP contribution is -2.55. The highest BCUT2D eigenvalue weighted by Crippen LogP contribution is 2.61. The molecule has 0 aromatic rings. The first-order valence-electron chi connectivity index (χ1n) is 9.15. The van der Waals surface area contributed by atoms with E-state index < -0.39 is 0 Å². The molecule has 0 aliphatic heterocycles.